The summed E-state index contributed by atoms with van der Waals surface area (Å²) < 4.78 is 2.80. The maximum atomic E-state index is 2.60. The minimum absolute atomic E-state index is 0.0536. The molecule has 0 aliphatic heterocycles. The molecule has 3 atom stereocenters. The largest absolute Gasteiger partial charge is 0.334 e. The summed E-state index contributed by atoms with van der Waals surface area (Å²) in [4.78, 5) is 2.60. The van der Waals surface area contributed by atoms with Crippen molar-refractivity contribution in [1.82, 2.24) is 0 Å². The third-order valence-corrected chi connectivity index (χ3v) is 13.4. The second-order valence-corrected chi connectivity index (χ2v) is 16.8. The van der Waals surface area contributed by atoms with Crippen LogP contribution in [0.15, 0.2) is 187 Å². The molecule has 0 bridgehead atoms. The summed E-state index contributed by atoms with van der Waals surface area (Å²) in [5, 5.41) is 2.75. The van der Waals surface area contributed by atoms with Gasteiger partial charge in [-0.05, 0) is 81.1 Å². The lowest BCUT2D eigenvalue weighted by molar-refractivity contribution is 0.577. The first kappa shape index (κ1) is 32.9. The fourth-order valence-electron chi connectivity index (χ4n) is 9.33. The first-order valence-electron chi connectivity index (χ1n) is 19.3. The van der Waals surface area contributed by atoms with E-state index in [4.69, 9.17) is 0 Å². The van der Waals surface area contributed by atoms with Gasteiger partial charge in [-0.1, -0.05) is 172 Å². The Kier molecular flexibility index (Phi) is 7.93. The summed E-state index contributed by atoms with van der Waals surface area (Å²) in [5.41, 5.74) is 14.6. The molecule has 0 radical (unpaired) electrons. The number of nitrogens with zero attached hydrogens (tertiary/aromatic N) is 1. The van der Waals surface area contributed by atoms with Crippen LogP contribution >= 0.6 is 11.3 Å². The third-order valence-electron chi connectivity index (χ3n) is 12.2. The van der Waals surface area contributed by atoms with E-state index in [2.05, 4.69) is 202 Å². The van der Waals surface area contributed by atoms with Gasteiger partial charge < -0.3 is 4.90 Å². The Bertz CT molecular complexity index is 2650. The molecule has 1 nitrogen and oxygen atoms in total. The van der Waals surface area contributed by atoms with Crippen molar-refractivity contribution >= 4 is 42.8 Å². The zero-order valence-corrected chi connectivity index (χ0v) is 31.9. The first-order chi connectivity index (χ1) is 26.4. The van der Waals surface area contributed by atoms with E-state index >= 15 is 0 Å². The molecule has 3 aliphatic carbocycles. The molecule has 0 N–H and O–H groups in total. The van der Waals surface area contributed by atoms with E-state index in [0.29, 0.717) is 11.8 Å². The van der Waals surface area contributed by atoms with Crippen molar-refractivity contribution in [1.29, 1.82) is 0 Å². The van der Waals surface area contributed by atoms with Crippen LogP contribution in [0.2, 0.25) is 0 Å². The van der Waals surface area contributed by atoms with Gasteiger partial charge in [-0.3, -0.25) is 0 Å². The Morgan fingerprint density at radius 3 is 1.94 bits per heavy atom. The minimum Gasteiger partial charge on any atom is -0.334 e. The van der Waals surface area contributed by atoms with Crippen LogP contribution in [0.1, 0.15) is 49.8 Å². The zero-order valence-electron chi connectivity index (χ0n) is 31.0. The average molecular weight is 714 g/mol. The van der Waals surface area contributed by atoms with Crippen LogP contribution < -0.4 is 4.90 Å². The molecule has 1 aromatic heterocycles. The van der Waals surface area contributed by atoms with Crippen LogP contribution in [-0.4, -0.2) is 6.04 Å². The van der Waals surface area contributed by atoms with Gasteiger partial charge in [0.05, 0.1) is 6.04 Å². The van der Waals surface area contributed by atoms with Crippen LogP contribution in [0.5, 0.6) is 0 Å². The summed E-state index contributed by atoms with van der Waals surface area (Å²) >= 11 is 1.95. The number of benzene rings is 6. The molecule has 0 saturated heterocycles. The van der Waals surface area contributed by atoms with Gasteiger partial charge in [0.1, 0.15) is 0 Å². The number of fused-ring (bicyclic) bond motifs is 6. The Labute approximate surface area is 322 Å². The van der Waals surface area contributed by atoms with Gasteiger partial charge in [-0.2, -0.15) is 0 Å². The van der Waals surface area contributed by atoms with Crippen LogP contribution in [-0.2, 0) is 5.41 Å². The maximum absolute atomic E-state index is 2.60. The molecule has 10 rings (SSSR count). The Morgan fingerprint density at radius 1 is 0.611 bits per heavy atom. The molecule has 3 unspecified atom stereocenters. The fraction of sp³-hybridized carbons (Fsp3) is 0.154. The van der Waals surface area contributed by atoms with Gasteiger partial charge in [0.25, 0.3) is 0 Å². The van der Waals surface area contributed by atoms with E-state index in [-0.39, 0.29) is 11.5 Å². The Hall–Kier alpha value is -5.70. The number of hydrogen-bond acceptors (Lipinski definition) is 2. The van der Waals surface area contributed by atoms with Crippen molar-refractivity contribution in [2.45, 2.75) is 44.6 Å². The molecule has 0 amide bonds. The van der Waals surface area contributed by atoms with Gasteiger partial charge >= 0.3 is 0 Å². The number of hydrogen-bond donors (Lipinski definition) is 0. The predicted octanol–water partition coefficient (Wildman–Crippen LogP) is 14.1. The van der Waals surface area contributed by atoms with Crippen LogP contribution in [0.3, 0.4) is 0 Å². The predicted molar refractivity (Wildman–Crippen MR) is 232 cm³/mol. The highest BCUT2D eigenvalue weighted by Crippen LogP contribution is 2.55. The molecule has 0 spiro atoms. The molecule has 2 heteroatoms. The first-order valence-corrected chi connectivity index (χ1v) is 20.1. The third kappa shape index (κ3) is 5.43. The van der Waals surface area contributed by atoms with Crippen LogP contribution in [0.25, 0.3) is 48.0 Å². The van der Waals surface area contributed by atoms with Gasteiger partial charge in [-0.15, -0.1) is 11.3 Å². The van der Waals surface area contributed by atoms with Crippen molar-refractivity contribution in [2.75, 3.05) is 4.90 Å². The van der Waals surface area contributed by atoms with E-state index in [1.807, 2.05) is 11.3 Å². The van der Waals surface area contributed by atoms with Gasteiger partial charge in [0.2, 0.25) is 0 Å². The van der Waals surface area contributed by atoms with Crippen LogP contribution in [0.4, 0.5) is 5.69 Å². The molecule has 7 aromatic rings. The van der Waals surface area contributed by atoms with Gasteiger partial charge in [0, 0.05) is 48.5 Å². The highest BCUT2D eigenvalue weighted by Gasteiger charge is 2.41. The van der Waals surface area contributed by atoms with E-state index in [9.17, 15) is 0 Å². The normalized spacial score (nSPS) is 19.9. The molecule has 6 aromatic carbocycles. The quantitative estimate of drug-likeness (QED) is 0.166. The van der Waals surface area contributed by atoms with E-state index in [1.165, 1.54) is 76.1 Å². The highest BCUT2D eigenvalue weighted by atomic mass is 32.1. The molecule has 54 heavy (non-hydrogen) atoms. The van der Waals surface area contributed by atoms with Gasteiger partial charge in [0.15, 0.2) is 0 Å². The Morgan fingerprint density at radius 2 is 1.24 bits per heavy atom. The summed E-state index contributed by atoms with van der Waals surface area (Å²) in [7, 11) is 0. The fourth-order valence-corrected chi connectivity index (χ4v) is 10.6. The lowest BCUT2D eigenvalue weighted by Crippen LogP contribution is -2.37. The molecule has 1 heterocycles. The van der Waals surface area contributed by atoms with Crippen molar-refractivity contribution in [3.8, 4) is 22.3 Å². The standard InChI is InChI=1S/C52H43NS/c1-34-32-41(26-28-43(34)39-14-8-5-9-15-39)53(40-24-22-38(23-25-40)37-20-18-36(19-21-37)35-12-6-4-7-13-35)42-27-29-46-48(33-42)52(2,3)47-31-30-45-44-16-10-11-17-49(44)54-51(45)50(46)47/h4-32,34,42-43H,33H2,1-3H3. The van der Waals surface area contributed by atoms with E-state index in [0.717, 1.165) is 6.42 Å². The molecule has 262 valence electrons. The summed E-state index contributed by atoms with van der Waals surface area (Å²) in [6.45, 7) is 7.25. The van der Waals surface area contributed by atoms with Crippen molar-refractivity contribution < 1.29 is 0 Å². The van der Waals surface area contributed by atoms with Gasteiger partial charge in [-0.25, -0.2) is 0 Å². The number of anilines is 1. The van der Waals surface area contributed by atoms with E-state index < -0.39 is 0 Å². The average Bonchev–Trinajstić information content (AvgIpc) is 3.71. The monoisotopic (exact) mass is 713 g/mol. The van der Waals surface area contributed by atoms with Crippen molar-refractivity contribution in [3.63, 3.8) is 0 Å². The number of allylic oxidation sites excluding steroid dienone is 5. The lowest BCUT2D eigenvalue weighted by Gasteiger charge is -2.39. The minimum atomic E-state index is -0.0536. The lowest BCUT2D eigenvalue weighted by atomic mass is 9.77. The summed E-state index contributed by atoms with van der Waals surface area (Å²) in [6, 6.07) is 53.6. The second kappa shape index (κ2) is 13.0. The SMILES string of the molecule is CC1C=C(N(c2ccc(-c3ccc(-c4ccccc4)cc3)cc2)C2C=CC3=C(C2)C(C)(C)c2ccc4c(sc5ccccc54)c23)C=CC1c1ccccc1. The molecule has 0 fully saturated rings. The smallest absolute Gasteiger partial charge is 0.0563 e. The maximum Gasteiger partial charge on any atom is 0.0563 e. The molecular formula is C52H43NS. The second-order valence-electron chi connectivity index (χ2n) is 15.7. The number of thiophene rings is 1. The topological polar surface area (TPSA) is 3.24 Å². The molecule has 0 saturated carbocycles. The van der Waals surface area contributed by atoms with Crippen LogP contribution in [0, 0.1) is 5.92 Å². The van der Waals surface area contributed by atoms with Crippen molar-refractivity contribution in [3.05, 3.63) is 204 Å². The zero-order chi connectivity index (χ0) is 36.4. The molecule has 3 aliphatic rings. The number of rotatable bonds is 6. The molecular weight excluding hydrogens is 671 g/mol. The highest BCUT2D eigenvalue weighted by molar-refractivity contribution is 7.26. The van der Waals surface area contributed by atoms with E-state index in [1.54, 1.807) is 5.57 Å². The van der Waals surface area contributed by atoms with Crippen molar-refractivity contribution in [2.24, 2.45) is 5.92 Å². The Balaban J connectivity index is 1.02. The summed E-state index contributed by atoms with van der Waals surface area (Å²) in [5.74, 6) is 0.731. The summed E-state index contributed by atoms with van der Waals surface area (Å²) in [6.07, 6.45) is 13.2.